The smallest absolute Gasteiger partial charge is 0.309 e. The molecule has 0 saturated heterocycles. The van der Waals surface area contributed by atoms with Crippen LogP contribution in [0.2, 0.25) is 0 Å². The van der Waals surface area contributed by atoms with E-state index in [0.717, 1.165) is 5.32 Å². The largest absolute Gasteiger partial charge is 0.416 e. The lowest BCUT2D eigenvalue weighted by atomic mass is 10.1. The normalized spacial score (nSPS) is 12.6. The highest BCUT2D eigenvalue weighted by molar-refractivity contribution is 9.10. The number of benzene rings is 1. The molecular formula is C10H3BrF7N3O5. The van der Waals surface area contributed by atoms with Crippen LogP contribution in [-0.4, -0.2) is 26.5 Å². The summed E-state index contributed by atoms with van der Waals surface area (Å²) in [4.78, 5) is 24.5. The molecule has 0 aromatic heterocycles. The Labute approximate surface area is 145 Å². The number of halogens is 8. The van der Waals surface area contributed by atoms with Crippen LogP contribution in [0.1, 0.15) is 5.56 Å². The van der Waals surface area contributed by atoms with E-state index in [1.165, 1.54) is 15.9 Å². The predicted molar refractivity (Wildman–Crippen MR) is 72.2 cm³/mol. The van der Waals surface area contributed by atoms with Crippen molar-refractivity contribution in [2.75, 3.05) is 5.32 Å². The first-order chi connectivity index (χ1) is 11.5. The molecule has 144 valence electrons. The van der Waals surface area contributed by atoms with Gasteiger partial charge in [0.1, 0.15) is 0 Å². The van der Waals surface area contributed by atoms with Gasteiger partial charge >= 0.3 is 34.2 Å². The summed E-state index contributed by atoms with van der Waals surface area (Å²) >= 11 is 1.19. The molecule has 1 amide bonds. The van der Waals surface area contributed by atoms with Crippen molar-refractivity contribution in [1.29, 1.82) is 0 Å². The molecule has 0 unspecified atom stereocenters. The molecule has 8 nitrogen and oxygen atoms in total. The quantitative estimate of drug-likeness (QED) is 0.309. The van der Waals surface area contributed by atoms with Crippen LogP contribution in [0, 0.1) is 20.2 Å². The third kappa shape index (κ3) is 4.17. The number of carbonyl (C=O) groups is 1. The molecule has 1 aromatic rings. The minimum atomic E-state index is -5.54. The Morgan fingerprint density at radius 1 is 0.962 bits per heavy atom. The fourth-order valence-corrected chi connectivity index (χ4v) is 1.69. The van der Waals surface area contributed by atoms with E-state index >= 15 is 0 Å². The van der Waals surface area contributed by atoms with Crippen LogP contribution < -0.4 is 5.32 Å². The highest BCUT2D eigenvalue weighted by atomic mass is 79.9. The average molecular weight is 458 g/mol. The molecule has 0 aliphatic rings. The fourth-order valence-electron chi connectivity index (χ4n) is 1.51. The van der Waals surface area contributed by atoms with Crippen molar-refractivity contribution in [2.24, 2.45) is 0 Å². The summed E-state index contributed by atoms with van der Waals surface area (Å²) in [6, 6.07) is -0.569. The monoisotopic (exact) mass is 457 g/mol. The number of alkyl halides is 8. The molecule has 0 radical (unpaired) electrons. The molecule has 26 heavy (non-hydrogen) atoms. The van der Waals surface area contributed by atoms with Crippen LogP contribution in [0.4, 0.5) is 47.8 Å². The van der Waals surface area contributed by atoms with E-state index in [-0.39, 0.29) is 12.1 Å². The summed E-state index contributed by atoms with van der Waals surface area (Å²) < 4.78 is 89.8. The van der Waals surface area contributed by atoms with Gasteiger partial charge in [0, 0.05) is 12.1 Å². The van der Waals surface area contributed by atoms with Gasteiger partial charge in [-0.25, -0.2) is 0 Å². The lowest BCUT2D eigenvalue weighted by Crippen LogP contribution is -2.46. The van der Waals surface area contributed by atoms with Gasteiger partial charge in [0.2, 0.25) is 0 Å². The van der Waals surface area contributed by atoms with E-state index in [1.807, 2.05) is 0 Å². The van der Waals surface area contributed by atoms with Crippen molar-refractivity contribution in [3.8, 4) is 0 Å². The van der Waals surface area contributed by atoms with Crippen molar-refractivity contribution >= 4 is 38.9 Å². The maximum atomic E-state index is 13.2. The van der Waals surface area contributed by atoms with E-state index in [2.05, 4.69) is 0 Å². The third-order valence-electron chi connectivity index (χ3n) is 2.70. The first-order valence-corrected chi connectivity index (χ1v) is 6.59. The maximum Gasteiger partial charge on any atom is 0.416 e. The summed E-state index contributed by atoms with van der Waals surface area (Å²) in [6.45, 7) is 0. The van der Waals surface area contributed by atoms with Gasteiger partial charge in [-0.1, -0.05) is 0 Å². The fraction of sp³-hybridized carbons (Fsp3) is 0.300. The van der Waals surface area contributed by atoms with Crippen LogP contribution in [0.3, 0.4) is 0 Å². The van der Waals surface area contributed by atoms with Gasteiger partial charge in [-0.3, -0.25) is 25.0 Å². The van der Waals surface area contributed by atoms with Crippen LogP contribution in [0.15, 0.2) is 12.1 Å². The number of nitro benzene ring substituents is 2. The average Bonchev–Trinajstić information content (AvgIpc) is 2.44. The zero-order chi connectivity index (χ0) is 20.7. The molecule has 0 saturated carbocycles. The number of anilines is 1. The number of rotatable bonds is 5. The summed E-state index contributed by atoms with van der Waals surface area (Å²) in [5, 5.41) is 22.5. The molecule has 0 heterocycles. The topological polar surface area (TPSA) is 115 Å². The van der Waals surface area contributed by atoms with Gasteiger partial charge in [-0.15, -0.1) is 0 Å². The lowest BCUT2D eigenvalue weighted by Gasteiger charge is -2.20. The summed E-state index contributed by atoms with van der Waals surface area (Å²) in [5.41, 5.74) is -7.21. The molecule has 1 N–H and O–H groups in total. The molecule has 0 fully saturated rings. The lowest BCUT2D eigenvalue weighted by molar-refractivity contribution is -0.392. The maximum absolute atomic E-state index is 13.2. The van der Waals surface area contributed by atoms with Crippen molar-refractivity contribution < 1.29 is 45.4 Å². The van der Waals surface area contributed by atoms with Crippen molar-refractivity contribution in [3.63, 3.8) is 0 Å². The van der Waals surface area contributed by atoms with Gasteiger partial charge in [0.05, 0.1) is 15.4 Å². The molecule has 0 aliphatic carbocycles. The van der Waals surface area contributed by atoms with Gasteiger partial charge < -0.3 is 5.32 Å². The Hall–Kier alpha value is -2.52. The molecule has 16 heteroatoms. The molecule has 1 rings (SSSR count). The Balaban J connectivity index is 3.63. The highest BCUT2D eigenvalue weighted by Crippen LogP contribution is 2.44. The standard InChI is InChI=1S/C10H3BrF7N3O5/c11-10(17,18)8(12,13)7(22)19-6-4(20(23)24)1-3(9(14,15)16)2-5(6)21(25)26/h1-2H,(H,19,22). The Bertz CT molecular complexity index is 742. The molecular weight excluding hydrogens is 455 g/mol. The Morgan fingerprint density at radius 3 is 1.62 bits per heavy atom. The molecule has 1 aromatic carbocycles. The Kier molecular flexibility index (Phi) is 5.51. The minimum absolute atomic E-state index is 0.285. The molecule has 0 aliphatic heterocycles. The molecule has 0 bridgehead atoms. The first-order valence-electron chi connectivity index (χ1n) is 5.80. The van der Waals surface area contributed by atoms with Crippen LogP contribution in [0.25, 0.3) is 0 Å². The van der Waals surface area contributed by atoms with Crippen molar-refractivity contribution in [3.05, 3.63) is 37.9 Å². The number of carbonyl (C=O) groups excluding carboxylic acids is 1. The van der Waals surface area contributed by atoms with Crippen molar-refractivity contribution in [2.45, 2.75) is 16.9 Å². The van der Waals surface area contributed by atoms with Crippen molar-refractivity contribution in [1.82, 2.24) is 0 Å². The zero-order valence-electron chi connectivity index (χ0n) is 11.6. The highest BCUT2D eigenvalue weighted by Gasteiger charge is 2.61. The van der Waals surface area contributed by atoms with E-state index in [9.17, 15) is 55.8 Å². The van der Waals surface area contributed by atoms with E-state index in [1.54, 1.807) is 0 Å². The van der Waals surface area contributed by atoms with Gasteiger partial charge in [0.15, 0.2) is 5.69 Å². The third-order valence-corrected chi connectivity index (χ3v) is 3.20. The van der Waals surface area contributed by atoms with Crippen LogP contribution >= 0.6 is 15.9 Å². The predicted octanol–water partition coefficient (Wildman–Crippen LogP) is 4.08. The van der Waals surface area contributed by atoms with E-state index in [4.69, 9.17) is 0 Å². The number of hydrogen-bond acceptors (Lipinski definition) is 5. The minimum Gasteiger partial charge on any atom is -0.309 e. The Morgan fingerprint density at radius 2 is 1.35 bits per heavy atom. The zero-order valence-corrected chi connectivity index (χ0v) is 13.2. The number of nitro groups is 2. The molecule has 0 atom stereocenters. The van der Waals surface area contributed by atoms with E-state index < -0.39 is 55.3 Å². The van der Waals surface area contributed by atoms with Gasteiger partial charge in [-0.05, 0) is 15.9 Å². The second kappa shape index (κ2) is 6.65. The number of nitrogens with zero attached hydrogens (tertiary/aromatic N) is 2. The second-order valence-electron chi connectivity index (χ2n) is 4.43. The van der Waals surface area contributed by atoms with Gasteiger partial charge in [0.25, 0.3) is 0 Å². The molecule has 0 spiro atoms. The summed E-state index contributed by atoms with van der Waals surface area (Å²) in [5.74, 6) is -8.47. The van der Waals surface area contributed by atoms with Crippen LogP contribution in [-0.2, 0) is 11.0 Å². The van der Waals surface area contributed by atoms with Crippen LogP contribution in [0.5, 0.6) is 0 Å². The summed E-state index contributed by atoms with van der Waals surface area (Å²) in [7, 11) is 0. The number of nitrogens with one attached hydrogen (secondary N) is 1. The summed E-state index contributed by atoms with van der Waals surface area (Å²) in [6.07, 6.45) is -5.30. The van der Waals surface area contributed by atoms with Gasteiger partial charge in [-0.2, -0.15) is 30.7 Å². The SMILES string of the molecule is O=C(Nc1c([N+](=O)[O-])cc(C(F)(F)F)cc1[N+](=O)[O-])C(F)(F)C(F)(F)Br. The number of hydrogen-bond donors (Lipinski definition) is 1. The number of amides is 1. The van der Waals surface area contributed by atoms with E-state index in [0.29, 0.717) is 0 Å². The first kappa shape index (κ1) is 21.5. The second-order valence-corrected chi connectivity index (χ2v) is 5.42.